The van der Waals surface area contributed by atoms with Crippen molar-refractivity contribution in [2.75, 3.05) is 12.3 Å². The van der Waals surface area contributed by atoms with Crippen LogP contribution in [0.25, 0.3) is 0 Å². The summed E-state index contributed by atoms with van der Waals surface area (Å²) in [6.07, 6.45) is 2.30. The molecule has 3 N–H and O–H groups in total. The minimum Gasteiger partial charge on any atom is -0.478 e. The van der Waals surface area contributed by atoms with Crippen LogP contribution in [-0.4, -0.2) is 18.6 Å². The summed E-state index contributed by atoms with van der Waals surface area (Å²) in [7, 11) is 0. The molecule has 1 unspecified atom stereocenters. The molecule has 0 aromatic heterocycles. The number of nitrogens with two attached hydrogens (primary N) is 1. The van der Waals surface area contributed by atoms with Crippen molar-refractivity contribution in [2.45, 2.75) is 25.4 Å². The van der Waals surface area contributed by atoms with Crippen molar-refractivity contribution < 1.29 is 9.53 Å². The number of ether oxygens (including phenoxy) is 1. The molecule has 5 heteroatoms. The van der Waals surface area contributed by atoms with E-state index in [0.717, 1.165) is 30.3 Å². The highest BCUT2D eigenvalue weighted by Gasteiger charge is 2.22. The molecule has 1 amide bonds. The number of nitrogens with one attached hydrogen (secondary N) is 1. The molecule has 4 nitrogen and oxygen atoms in total. The molecule has 2 rings (SSSR count). The minimum atomic E-state index is -0.430. The fourth-order valence-corrected chi connectivity index (χ4v) is 2.18. The summed E-state index contributed by atoms with van der Waals surface area (Å²) in [5.41, 5.74) is 6.37. The molecule has 1 aromatic rings. The van der Waals surface area contributed by atoms with E-state index in [1.165, 1.54) is 0 Å². The van der Waals surface area contributed by atoms with Gasteiger partial charge in [-0.05, 0) is 37.5 Å². The first-order valence-electron chi connectivity index (χ1n) is 5.66. The summed E-state index contributed by atoms with van der Waals surface area (Å²) in [6.45, 7) is 0.731. The van der Waals surface area contributed by atoms with Crippen LogP contribution >= 0.6 is 15.9 Å². The standard InChI is InChI=1S/C12H15BrN2O2/c13-8-4-5-10(9(14)7-8)17-11-3-1-2-6-15-12(11)16/h4-5,7,11H,1-3,6,14H2,(H,15,16). The molecule has 17 heavy (non-hydrogen) atoms. The van der Waals surface area contributed by atoms with E-state index < -0.39 is 6.10 Å². The highest BCUT2D eigenvalue weighted by molar-refractivity contribution is 9.10. The van der Waals surface area contributed by atoms with Crippen LogP contribution in [0.3, 0.4) is 0 Å². The average Bonchev–Trinajstić information content (AvgIpc) is 2.48. The van der Waals surface area contributed by atoms with E-state index in [2.05, 4.69) is 21.2 Å². The maximum atomic E-state index is 11.7. The largest absolute Gasteiger partial charge is 0.478 e. The number of carbonyl (C=O) groups is 1. The Balaban J connectivity index is 2.10. The summed E-state index contributed by atoms with van der Waals surface area (Å²) in [4.78, 5) is 11.7. The second kappa shape index (κ2) is 5.40. The minimum absolute atomic E-state index is 0.0511. The van der Waals surface area contributed by atoms with E-state index in [4.69, 9.17) is 10.5 Å². The van der Waals surface area contributed by atoms with Crippen molar-refractivity contribution in [3.63, 3.8) is 0 Å². The molecule has 0 saturated carbocycles. The predicted molar refractivity (Wildman–Crippen MR) is 69.8 cm³/mol. The maximum Gasteiger partial charge on any atom is 0.261 e. The zero-order chi connectivity index (χ0) is 12.3. The van der Waals surface area contributed by atoms with Crippen molar-refractivity contribution >= 4 is 27.5 Å². The Bertz CT molecular complexity index is 423. The molecule has 1 aromatic carbocycles. The summed E-state index contributed by atoms with van der Waals surface area (Å²) in [5, 5.41) is 2.83. The van der Waals surface area contributed by atoms with E-state index in [9.17, 15) is 4.79 Å². The van der Waals surface area contributed by atoms with Crippen LogP contribution < -0.4 is 15.8 Å². The maximum absolute atomic E-state index is 11.7. The zero-order valence-electron chi connectivity index (χ0n) is 9.41. The molecule has 1 aliphatic rings. The van der Waals surface area contributed by atoms with Crippen LogP contribution in [0.5, 0.6) is 5.75 Å². The first-order valence-corrected chi connectivity index (χ1v) is 6.45. The lowest BCUT2D eigenvalue weighted by Gasteiger charge is -2.17. The third-order valence-corrected chi connectivity index (χ3v) is 3.22. The number of hydrogen-bond acceptors (Lipinski definition) is 3. The molecule has 0 spiro atoms. The zero-order valence-corrected chi connectivity index (χ0v) is 11.0. The number of benzene rings is 1. The van der Waals surface area contributed by atoms with Gasteiger partial charge in [-0.2, -0.15) is 0 Å². The second-order valence-electron chi connectivity index (χ2n) is 4.08. The van der Waals surface area contributed by atoms with Gasteiger partial charge in [-0.1, -0.05) is 15.9 Å². The van der Waals surface area contributed by atoms with E-state index in [1.807, 2.05) is 6.07 Å². The van der Waals surface area contributed by atoms with Gasteiger partial charge in [0.1, 0.15) is 5.75 Å². The van der Waals surface area contributed by atoms with Gasteiger partial charge in [0.2, 0.25) is 0 Å². The Labute approximate surface area is 109 Å². The van der Waals surface area contributed by atoms with Crippen LogP contribution in [0.1, 0.15) is 19.3 Å². The van der Waals surface area contributed by atoms with Crippen LogP contribution in [0, 0.1) is 0 Å². The monoisotopic (exact) mass is 298 g/mol. The van der Waals surface area contributed by atoms with Gasteiger partial charge in [0, 0.05) is 11.0 Å². The van der Waals surface area contributed by atoms with E-state index in [0.29, 0.717) is 11.4 Å². The Hall–Kier alpha value is -1.23. The van der Waals surface area contributed by atoms with Gasteiger partial charge in [-0.15, -0.1) is 0 Å². The van der Waals surface area contributed by atoms with E-state index in [-0.39, 0.29) is 5.91 Å². The lowest BCUT2D eigenvalue weighted by molar-refractivity contribution is -0.127. The Kier molecular flexibility index (Phi) is 3.89. The first-order chi connectivity index (χ1) is 8.16. The summed E-state index contributed by atoms with van der Waals surface area (Å²) in [6, 6.07) is 5.39. The van der Waals surface area contributed by atoms with E-state index >= 15 is 0 Å². The number of amides is 1. The number of halogens is 1. The third kappa shape index (κ3) is 3.12. The van der Waals surface area contributed by atoms with Crippen LogP contribution in [-0.2, 0) is 4.79 Å². The molecule has 1 atom stereocenters. The molecular formula is C12H15BrN2O2. The molecule has 1 heterocycles. The van der Waals surface area contributed by atoms with Crippen molar-refractivity contribution in [3.05, 3.63) is 22.7 Å². The number of hydrogen-bond donors (Lipinski definition) is 2. The van der Waals surface area contributed by atoms with Gasteiger partial charge in [0.25, 0.3) is 5.91 Å². The summed E-state index contributed by atoms with van der Waals surface area (Å²) in [5.74, 6) is 0.514. The van der Waals surface area contributed by atoms with Crippen molar-refractivity contribution in [2.24, 2.45) is 0 Å². The molecule has 0 aliphatic carbocycles. The fraction of sp³-hybridized carbons (Fsp3) is 0.417. The lowest BCUT2D eigenvalue weighted by Crippen LogP contribution is -2.36. The third-order valence-electron chi connectivity index (χ3n) is 2.73. The van der Waals surface area contributed by atoms with Crippen molar-refractivity contribution in [1.82, 2.24) is 5.32 Å². The van der Waals surface area contributed by atoms with Crippen molar-refractivity contribution in [1.29, 1.82) is 0 Å². The van der Waals surface area contributed by atoms with Gasteiger partial charge >= 0.3 is 0 Å². The lowest BCUT2D eigenvalue weighted by atomic mass is 10.2. The SMILES string of the molecule is Nc1cc(Br)ccc1OC1CCCCNC1=O. The summed E-state index contributed by atoms with van der Waals surface area (Å²) >= 11 is 3.33. The van der Waals surface area contributed by atoms with Gasteiger partial charge in [-0.3, -0.25) is 4.79 Å². The average molecular weight is 299 g/mol. The van der Waals surface area contributed by atoms with Gasteiger partial charge in [0.05, 0.1) is 5.69 Å². The van der Waals surface area contributed by atoms with Crippen LogP contribution in [0.4, 0.5) is 5.69 Å². The Morgan fingerprint density at radius 3 is 3.00 bits per heavy atom. The smallest absolute Gasteiger partial charge is 0.261 e. The molecule has 1 aliphatic heterocycles. The molecule has 0 bridgehead atoms. The quantitative estimate of drug-likeness (QED) is 0.822. The number of anilines is 1. The molecule has 1 saturated heterocycles. The molecule has 1 fully saturated rings. The number of rotatable bonds is 2. The normalized spacial score (nSPS) is 20.5. The predicted octanol–water partition coefficient (Wildman–Crippen LogP) is 2.08. The van der Waals surface area contributed by atoms with Gasteiger partial charge < -0.3 is 15.8 Å². The molecule has 0 radical (unpaired) electrons. The highest BCUT2D eigenvalue weighted by Crippen LogP contribution is 2.27. The second-order valence-corrected chi connectivity index (χ2v) is 4.99. The molecular weight excluding hydrogens is 284 g/mol. The Morgan fingerprint density at radius 1 is 1.41 bits per heavy atom. The van der Waals surface area contributed by atoms with E-state index in [1.54, 1.807) is 12.1 Å². The van der Waals surface area contributed by atoms with Gasteiger partial charge in [-0.25, -0.2) is 0 Å². The van der Waals surface area contributed by atoms with Crippen molar-refractivity contribution in [3.8, 4) is 5.75 Å². The topological polar surface area (TPSA) is 64.3 Å². The number of nitrogen functional groups attached to an aromatic ring is 1. The van der Waals surface area contributed by atoms with Gasteiger partial charge in [0.15, 0.2) is 6.10 Å². The summed E-state index contributed by atoms with van der Waals surface area (Å²) < 4.78 is 6.57. The number of carbonyl (C=O) groups excluding carboxylic acids is 1. The first kappa shape index (κ1) is 12.2. The van der Waals surface area contributed by atoms with Crippen LogP contribution in [0.2, 0.25) is 0 Å². The Morgan fingerprint density at radius 2 is 2.24 bits per heavy atom. The van der Waals surface area contributed by atoms with Crippen LogP contribution in [0.15, 0.2) is 22.7 Å². The fourth-order valence-electron chi connectivity index (χ4n) is 1.80. The highest BCUT2D eigenvalue weighted by atomic mass is 79.9. The molecule has 92 valence electrons.